The van der Waals surface area contributed by atoms with Crippen molar-refractivity contribution in [1.29, 1.82) is 0 Å². The van der Waals surface area contributed by atoms with Crippen LogP contribution in [0.5, 0.6) is 11.8 Å². The van der Waals surface area contributed by atoms with Gasteiger partial charge < -0.3 is 20.0 Å². The summed E-state index contributed by atoms with van der Waals surface area (Å²) in [6.07, 6.45) is -0.558. The largest absolute Gasteiger partial charge is 0.492 e. The molecule has 3 aromatic rings. The Bertz CT molecular complexity index is 1050. The van der Waals surface area contributed by atoms with Gasteiger partial charge in [0.15, 0.2) is 0 Å². The summed E-state index contributed by atoms with van der Waals surface area (Å²) in [6, 6.07) is 21.5. The van der Waals surface area contributed by atoms with Crippen molar-refractivity contribution in [3.8, 4) is 22.9 Å². The topological polar surface area (TPSA) is 78.2 Å². The maximum Gasteiger partial charge on any atom is 0.434 e. The van der Waals surface area contributed by atoms with Crippen LogP contribution in [0.1, 0.15) is 5.56 Å². The van der Waals surface area contributed by atoms with E-state index in [9.17, 15) is 15.0 Å². The number of hydrogen-bond donors (Lipinski definition) is 2. The predicted octanol–water partition coefficient (Wildman–Crippen LogP) is 3.18. The molecule has 7 nitrogen and oxygen atoms in total. The number of amides is 1. The van der Waals surface area contributed by atoms with E-state index in [1.807, 2.05) is 6.07 Å². The van der Waals surface area contributed by atoms with Gasteiger partial charge in [0.1, 0.15) is 0 Å². The number of nitrogens with zero attached hydrogens (tertiary/aromatic N) is 3. The van der Waals surface area contributed by atoms with Crippen LogP contribution in [0.3, 0.4) is 0 Å². The Hall–Kier alpha value is -3.45. The molecular formula is C24H25N3O4. The molecule has 0 spiro atoms. The number of fused-ring (bicyclic) bond motifs is 1. The van der Waals surface area contributed by atoms with Crippen molar-refractivity contribution >= 4 is 6.09 Å². The first-order valence-electron chi connectivity index (χ1n) is 10.5. The highest BCUT2D eigenvalue weighted by molar-refractivity contribution is 5.69. The monoisotopic (exact) mass is 419 g/mol. The van der Waals surface area contributed by atoms with Crippen LogP contribution in [0.15, 0.2) is 66.7 Å². The van der Waals surface area contributed by atoms with Gasteiger partial charge in [-0.2, -0.15) is 0 Å². The first-order valence-corrected chi connectivity index (χ1v) is 10.5. The molecule has 0 aliphatic carbocycles. The summed E-state index contributed by atoms with van der Waals surface area (Å²) in [4.78, 5) is 21.7. The molecule has 0 bridgehead atoms. The molecule has 31 heavy (non-hydrogen) atoms. The average Bonchev–Trinajstić information content (AvgIpc) is 3.44. The van der Waals surface area contributed by atoms with Gasteiger partial charge in [0, 0.05) is 44.9 Å². The lowest BCUT2D eigenvalue weighted by atomic mass is 9.99. The van der Waals surface area contributed by atoms with Crippen LogP contribution in [0.2, 0.25) is 0 Å². The van der Waals surface area contributed by atoms with Gasteiger partial charge in [-0.1, -0.05) is 54.6 Å². The third-order valence-electron chi connectivity index (χ3n) is 6.28. The maximum atomic E-state index is 12.5. The van der Waals surface area contributed by atoms with Crippen molar-refractivity contribution in [3.05, 3.63) is 72.3 Å². The van der Waals surface area contributed by atoms with Crippen molar-refractivity contribution in [1.82, 2.24) is 14.5 Å². The lowest BCUT2D eigenvalue weighted by Crippen LogP contribution is -2.37. The van der Waals surface area contributed by atoms with Crippen molar-refractivity contribution in [2.75, 3.05) is 26.2 Å². The Morgan fingerprint density at radius 1 is 0.839 bits per heavy atom. The molecule has 2 fully saturated rings. The summed E-state index contributed by atoms with van der Waals surface area (Å²) in [5, 5.41) is 19.3. The predicted molar refractivity (Wildman–Crippen MR) is 115 cm³/mol. The molecule has 2 aliphatic rings. The minimum absolute atomic E-state index is 0.312. The quantitative estimate of drug-likeness (QED) is 0.679. The van der Waals surface area contributed by atoms with E-state index < -0.39 is 6.09 Å². The van der Waals surface area contributed by atoms with Crippen LogP contribution in [0, 0.1) is 11.8 Å². The second-order valence-corrected chi connectivity index (χ2v) is 8.34. The minimum Gasteiger partial charge on any atom is -0.492 e. The van der Waals surface area contributed by atoms with Crippen LogP contribution in [0.25, 0.3) is 11.1 Å². The summed E-state index contributed by atoms with van der Waals surface area (Å²) >= 11 is 0. The summed E-state index contributed by atoms with van der Waals surface area (Å²) in [6.45, 7) is 3.97. The number of likely N-dealkylation sites (tertiary alicyclic amines) is 2. The fourth-order valence-electron chi connectivity index (χ4n) is 4.80. The van der Waals surface area contributed by atoms with Crippen LogP contribution >= 0.6 is 0 Å². The first-order chi connectivity index (χ1) is 15.1. The normalized spacial score (nSPS) is 20.7. The Balaban J connectivity index is 1.21. The van der Waals surface area contributed by atoms with E-state index in [4.69, 9.17) is 4.84 Å². The summed E-state index contributed by atoms with van der Waals surface area (Å²) in [5.74, 6) is 0.161. The summed E-state index contributed by atoms with van der Waals surface area (Å²) < 4.78 is 0.739. The number of carbonyl (C=O) groups excluding carboxylic acids is 1. The van der Waals surface area contributed by atoms with Gasteiger partial charge in [-0.15, -0.1) is 4.73 Å². The van der Waals surface area contributed by atoms with E-state index in [1.54, 1.807) is 4.90 Å². The van der Waals surface area contributed by atoms with Crippen LogP contribution < -0.4 is 4.84 Å². The minimum atomic E-state index is -0.558. The molecule has 160 valence electrons. The zero-order chi connectivity index (χ0) is 21.4. The molecule has 1 aromatic heterocycles. The fourth-order valence-corrected chi connectivity index (χ4v) is 4.80. The highest BCUT2D eigenvalue weighted by Gasteiger charge is 2.42. The molecule has 7 heteroatoms. The Morgan fingerprint density at radius 2 is 1.45 bits per heavy atom. The lowest BCUT2D eigenvalue weighted by Gasteiger charge is -2.22. The molecule has 2 unspecified atom stereocenters. The molecule has 2 aliphatic heterocycles. The van der Waals surface area contributed by atoms with Crippen molar-refractivity contribution in [2.45, 2.75) is 6.54 Å². The first kappa shape index (κ1) is 19.5. The maximum absolute atomic E-state index is 12.5. The van der Waals surface area contributed by atoms with Gasteiger partial charge in [0.25, 0.3) is 0 Å². The standard InChI is InChI=1S/C24H25N3O4/c28-22-10-11-23(29)27(22)31-24(30)26-15-19-13-25(14-20(19)16-26)12-18-8-4-5-9-21(18)17-6-2-1-3-7-17/h1-11,19-20,28-29H,12-16H2. The van der Waals surface area contributed by atoms with Crippen molar-refractivity contribution in [2.24, 2.45) is 11.8 Å². The van der Waals surface area contributed by atoms with Gasteiger partial charge in [-0.25, -0.2) is 4.79 Å². The molecule has 2 aromatic carbocycles. The second-order valence-electron chi connectivity index (χ2n) is 8.34. The van der Waals surface area contributed by atoms with Crippen LogP contribution in [-0.2, 0) is 6.54 Å². The Labute approximate surface area is 180 Å². The number of carbonyl (C=O) groups is 1. The second kappa shape index (κ2) is 8.00. The zero-order valence-corrected chi connectivity index (χ0v) is 17.1. The average molecular weight is 419 g/mol. The molecule has 0 saturated carbocycles. The summed E-state index contributed by atoms with van der Waals surface area (Å²) in [7, 11) is 0. The highest BCUT2D eigenvalue weighted by Crippen LogP contribution is 2.33. The van der Waals surface area contributed by atoms with Gasteiger partial charge in [0.05, 0.1) is 0 Å². The molecule has 2 atom stereocenters. The number of hydrogen-bond acceptors (Lipinski definition) is 5. The van der Waals surface area contributed by atoms with Gasteiger partial charge in [-0.05, 0) is 28.5 Å². The van der Waals surface area contributed by atoms with Gasteiger partial charge in [-0.3, -0.25) is 4.90 Å². The van der Waals surface area contributed by atoms with Crippen molar-refractivity contribution < 1.29 is 19.8 Å². The Kier molecular flexibility index (Phi) is 5.03. The number of aromatic nitrogens is 1. The lowest BCUT2D eigenvalue weighted by molar-refractivity contribution is 0.0774. The molecule has 1 amide bonds. The molecule has 2 N–H and O–H groups in total. The van der Waals surface area contributed by atoms with Crippen LogP contribution in [-0.4, -0.2) is 57.0 Å². The molecule has 3 heterocycles. The molecule has 5 rings (SSSR count). The van der Waals surface area contributed by atoms with Gasteiger partial charge >= 0.3 is 6.09 Å². The fraction of sp³-hybridized carbons (Fsp3) is 0.292. The molecule has 0 radical (unpaired) electrons. The van der Waals surface area contributed by atoms with Gasteiger partial charge in [0.2, 0.25) is 11.8 Å². The zero-order valence-electron chi connectivity index (χ0n) is 17.1. The molecular weight excluding hydrogens is 394 g/mol. The van der Waals surface area contributed by atoms with E-state index in [0.29, 0.717) is 24.9 Å². The number of benzene rings is 2. The SMILES string of the molecule is O=C(On1c(O)ccc1O)N1CC2CN(Cc3ccccc3-c3ccccc3)CC2C1. The van der Waals surface area contributed by atoms with E-state index in [0.717, 1.165) is 24.4 Å². The third kappa shape index (κ3) is 3.84. The summed E-state index contributed by atoms with van der Waals surface area (Å²) in [5.41, 5.74) is 3.79. The van der Waals surface area contributed by atoms with E-state index >= 15 is 0 Å². The number of rotatable bonds is 4. The highest BCUT2D eigenvalue weighted by atomic mass is 16.7. The van der Waals surface area contributed by atoms with Crippen LogP contribution in [0.4, 0.5) is 4.79 Å². The van der Waals surface area contributed by atoms with E-state index in [2.05, 4.69) is 53.4 Å². The van der Waals surface area contributed by atoms with E-state index in [-0.39, 0.29) is 11.8 Å². The molecule has 2 saturated heterocycles. The third-order valence-corrected chi connectivity index (χ3v) is 6.28. The Morgan fingerprint density at radius 3 is 2.13 bits per heavy atom. The smallest absolute Gasteiger partial charge is 0.434 e. The van der Waals surface area contributed by atoms with E-state index in [1.165, 1.54) is 28.8 Å². The van der Waals surface area contributed by atoms with Crippen molar-refractivity contribution in [3.63, 3.8) is 0 Å². The number of aromatic hydroxyl groups is 2.